The zero-order chi connectivity index (χ0) is 49.2. The first-order chi connectivity index (χ1) is 29.6. The van der Waals surface area contributed by atoms with Crippen molar-refractivity contribution in [3.63, 3.8) is 0 Å². The third-order valence-electron chi connectivity index (χ3n) is 5.33. The number of nitrogens with zero attached hydrogens (tertiary/aromatic N) is 4. The zero-order valence-corrected chi connectivity index (χ0v) is 36.8. The van der Waals surface area contributed by atoms with Gasteiger partial charge in [0, 0.05) is 49.1 Å². The first-order valence-corrected chi connectivity index (χ1v) is 20.4. The van der Waals surface area contributed by atoms with Gasteiger partial charge in [-0.25, -0.2) is 84.5 Å². The summed E-state index contributed by atoms with van der Waals surface area (Å²) in [6.07, 6.45) is 13.4. The van der Waals surface area contributed by atoms with E-state index in [1.165, 1.54) is 35.2 Å². The molecule has 0 aliphatic rings. The topological polar surface area (TPSA) is 553 Å². The summed E-state index contributed by atoms with van der Waals surface area (Å²) in [4.78, 5) is 43.4. The van der Waals surface area contributed by atoms with Gasteiger partial charge in [0.15, 0.2) is 24.8 Å². The molecule has 6 aromatic rings. The van der Waals surface area contributed by atoms with Crippen LogP contribution in [0.15, 0.2) is 147 Å². The minimum Gasteiger partial charge on any atom is -0.759 e. The fourth-order valence-electron chi connectivity index (χ4n) is 3.25. The molecule has 6 heterocycles. The van der Waals surface area contributed by atoms with Crippen molar-refractivity contribution in [3.05, 3.63) is 168 Å². The van der Waals surface area contributed by atoms with Crippen LogP contribution in [0.25, 0.3) is 22.8 Å². The van der Waals surface area contributed by atoms with Gasteiger partial charge in [-0.05, 0) is 48.5 Å². The normalized spacial score (nSPS) is 9.85. The summed E-state index contributed by atoms with van der Waals surface area (Å²) in [5.41, 5.74) is 6.93. The Morgan fingerprint density at radius 1 is 0.364 bits per heavy atom. The molecule has 0 aliphatic heterocycles. The largest absolute Gasteiger partial charge is 2.00 e. The molecular weight excluding hydrogens is 1090 g/mol. The second kappa shape index (κ2) is 37.4. The van der Waals surface area contributed by atoms with Gasteiger partial charge in [0.05, 0.1) is 33.9 Å². The molecular formula is C32H28Cl4Cu2N8O20. The van der Waals surface area contributed by atoms with Gasteiger partial charge in [0.25, 0.3) is 0 Å². The number of halogens is 4. The third-order valence-corrected chi connectivity index (χ3v) is 5.33. The Morgan fingerprint density at radius 3 is 0.682 bits per heavy atom. The van der Waals surface area contributed by atoms with Gasteiger partial charge >= 0.3 is 34.1 Å². The van der Waals surface area contributed by atoms with E-state index in [0.29, 0.717) is 11.1 Å². The van der Waals surface area contributed by atoms with E-state index < -0.39 is 52.8 Å². The number of rotatable bonds is 4. The van der Waals surface area contributed by atoms with E-state index in [2.05, 4.69) is 29.9 Å². The van der Waals surface area contributed by atoms with Crippen molar-refractivity contribution in [2.45, 2.75) is 0 Å². The van der Waals surface area contributed by atoms with E-state index in [-0.39, 0.29) is 34.1 Å². The van der Waals surface area contributed by atoms with Crippen LogP contribution in [-0.2, 0) is 34.1 Å². The van der Waals surface area contributed by atoms with Crippen LogP contribution in [-0.4, -0.2) is 31.8 Å². The quantitative estimate of drug-likeness (QED) is 0.122. The summed E-state index contributed by atoms with van der Waals surface area (Å²) < 4.78 is 136. The van der Waals surface area contributed by atoms with Crippen molar-refractivity contribution in [2.24, 2.45) is 0 Å². The van der Waals surface area contributed by atoms with Gasteiger partial charge in [0.1, 0.15) is 0 Å². The molecule has 66 heavy (non-hydrogen) atoms. The van der Waals surface area contributed by atoms with Crippen molar-refractivity contribution in [1.29, 1.82) is 0 Å². The monoisotopic (exact) mass is 1110 g/mol. The zero-order valence-electron chi connectivity index (χ0n) is 31.9. The van der Waals surface area contributed by atoms with E-state index in [1.807, 2.05) is 72.8 Å². The van der Waals surface area contributed by atoms with Gasteiger partial charge in [-0.1, -0.05) is 24.3 Å². The van der Waals surface area contributed by atoms with E-state index in [4.69, 9.17) is 74.5 Å². The second-order valence-corrected chi connectivity index (χ2v) is 12.8. The fraction of sp³-hybridized carbons (Fsp3) is 0. The van der Waals surface area contributed by atoms with Crippen LogP contribution in [0, 0.1) is 51.4 Å². The molecule has 0 aromatic carbocycles. The fourth-order valence-corrected chi connectivity index (χ4v) is 3.25. The number of amides is 2. The molecule has 4 N–H and O–H groups in total. The molecule has 0 atom stereocenters. The van der Waals surface area contributed by atoms with Crippen LogP contribution < -0.4 is 95.5 Å². The number of aromatic nitrogens is 6. The number of hydrogen-bond donors (Lipinski definition) is 2. The van der Waals surface area contributed by atoms with Crippen LogP contribution in [0.4, 0.5) is 0 Å². The van der Waals surface area contributed by atoms with Crippen molar-refractivity contribution < 1.29 is 169 Å². The number of hydrogen-bond acceptors (Lipinski definition) is 24. The van der Waals surface area contributed by atoms with Gasteiger partial charge in [-0.2, -0.15) is 0 Å². The Hall–Kier alpha value is -4.68. The molecule has 28 nitrogen and oxygen atoms in total. The number of nitrogens with one attached hydrogen (secondary N) is 4. The van der Waals surface area contributed by atoms with E-state index in [0.717, 1.165) is 22.8 Å². The molecule has 0 bridgehead atoms. The first-order valence-electron chi connectivity index (χ1n) is 15.5. The number of H-pyrrole nitrogens is 2. The number of hydroxylamine groups is 2. The third kappa shape index (κ3) is 50.3. The van der Waals surface area contributed by atoms with Crippen molar-refractivity contribution >= 4 is 11.8 Å². The Bertz CT molecular complexity index is 1800. The molecule has 0 aliphatic carbocycles. The Kier molecular flexibility index (Phi) is 38.5. The maximum atomic E-state index is 10.6. The second-order valence-electron chi connectivity index (χ2n) is 9.81. The minimum atomic E-state index is -4.94. The summed E-state index contributed by atoms with van der Waals surface area (Å²) in [7, 11) is -19.8. The molecule has 366 valence electrons. The molecule has 0 unspecified atom stereocenters. The number of carbonyl (C=O) groups excluding carboxylic acids is 2. The Morgan fingerprint density at radius 2 is 0.545 bits per heavy atom. The summed E-state index contributed by atoms with van der Waals surface area (Å²) in [6.45, 7) is 0. The standard InChI is InChI=1S/2C10H8N2.2C6H5N2O2.4ClHO4.2Cu/c2*1-3-7-11-9(5-1)10-6-2-4-8-12-10;2*9-6(8-10)5-1-3-7-4-2-5;4*2-1(3,4)5;;/h2*1-8H;2*1-4H,(H-,7,8,9,10);4*(H,2,3,4,5);;/q;;2*-1;;;;;2*+2/p-2. The SMILES string of the molecule is O=C(N[O-])c1cc[nH+]cc1.O=C(N[O-])c1cc[nH+]cc1.[Cu+2].[Cu+2].[O-][Cl+3]([O-])([O-])[O-].[O-][Cl+3]([O-])([O-])[O-].[O-][Cl+3]([O-])([O-])[O-].[O-][Cl+3]([O-])([O-])[O-].c1ccc(-c2ccccn2)nc1.c1ccc(-c2ccccn2)nc1. The Labute approximate surface area is 400 Å². The predicted molar refractivity (Wildman–Crippen MR) is 163 cm³/mol. The van der Waals surface area contributed by atoms with Crippen LogP contribution in [0.5, 0.6) is 0 Å². The number of aromatic amines is 2. The van der Waals surface area contributed by atoms with Gasteiger partial charge in [-0.3, -0.25) is 29.5 Å². The summed E-state index contributed by atoms with van der Waals surface area (Å²) in [5, 5.41) is 19.6. The van der Waals surface area contributed by atoms with Crippen molar-refractivity contribution in [1.82, 2.24) is 30.9 Å². The molecule has 0 saturated carbocycles. The van der Waals surface area contributed by atoms with E-state index >= 15 is 0 Å². The summed E-state index contributed by atoms with van der Waals surface area (Å²) in [6, 6.07) is 29.3. The van der Waals surface area contributed by atoms with Crippen LogP contribution in [0.1, 0.15) is 20.7 Å². The maximum absolute atomic E-state index is 10.6. The number of carbonyl (C=O) groups is 2. The average Bonchev–Trinajstić information content (AvgIpc) is 3.23. The maximum Gasteiger partial charge on any atom is 2.00 e. The minimum absolute atomic E-state index is 0. The predicted octanol–water partition coefficient (Wildman–Crippen LogP) is -15.3. The van der Waals surface area contributed by atoms with Crippen LogP contribution >= 0.6 is 0 Å². The summed E-state index contributed by atoms with van der Waals surface area (Å²) >= 11 is 0. The first kappa shape index (κ1) is 67.9. The molecule has 6 rings (SSSR count). The van der Waals surface area contributed by atoms with E-state index in [9.17, 15) is 20.0 Å². The average molecular weight is 1110 g/mol. The van der Waals surface area contributed by atoms with Gasteiger partial charge < -0.3 is 21.4 Å². The smallest absolute Gasteiger partial charge is 0.759 e. The Balaban J connectivity index is -0.000000341. The van der Waals surface area contributed by atoms with Crippen molar-refractivity contribution in [3.8, 4) is 22.8 Å². The van der Waals surface area contributed by atoms with Crippen LogP contribution in [0.3, 0.4) is 0 Å². The molecule has 2 amide bonds. The molecule has 0 fully saturated rings. The van der Waals surface area contributed by atoms with E-state index in [1.54, 1.807) is 49.6 Å². The van der Waals surface area contributed by atoms with Gasteiger partial charge in [0.2, 0.25) is 11.8 Å². The van der Waals surface area contributed by atoms with Gasteiger partial charge in [-0.15, -0.1) is 41.0 Å². The molecule has 34 heteroatoms. The molecule has 0 saturated heterocycles. The molecule has 6 aromatic heterocycles. The number of pyridine rings is 6. The van der Waals surface area contributed by atoms with Crippen molar-refractivity contribution in [2.75, 3.05) is 0 Å². The molecule has 2 radical (unpaired) electrons. The summed E-state index contributed by atoms with van der Waals surface area (Å²) in [5.74, 6) is -1.23. The molecule has 0 spiro atoms. The van der Waals surface area contributed by atoms with Crippen LogP contribution in [0.2, 0.25) is 0 Å².